The summed E-state index contributed by atoms with van der Waals surface area (Å²) < 4.78 is 5.55. The topological polar surface area (TPSA) is 72.6 Å². The van der Waals surface area contributed by atoms with Gasteiger partial charge in [0.15, 0.2) is 0 Å². The molecule has 1 atom stereocenters. The van der Waals surface area contributed by atoms with E-state index in [4.69, 9.17) is 15.6 Å². The first-order valence-corrected chi connectivity index (χ1v) is 5.39. The van der Waals surface area contributed by atoms with Crippen LogP contribution in [0.1, 0.15) is 23.5 Å². The van der Waals surface area contributed by atoms with Crippen LogP contribution >= 0.6 is 0 Å². The highest BCUT2D eigenvalue weighted by molar-refractivity contribution is 5.68. The number of carbonyl (C=O) groups is 1. The second kappa shape index (κ2) is 4.53. The van der Waals surface area contributed by atoms with Gasteiger partial charge >= 0.3 is 5.97 Å². The lowest BCUT2D eigenvalue weighted by molar-refractivity contribution is -0.137. The zero-order valence-corrected chi connectivity index (χ0v) is 8.98. The fourth-order valence-corrected chi connectivity index (χ4v) is 2.09. The van der Waals surface area contributed by atoms with E-state index in [1.165, 1.54) is 0 Å². The molecule has 86 valence electrons. The van der Waals surface area contributed by atoms with E-state index >= 15 is 0 Å². The summed E-state index contributed by atoms with van der Waals surface area (Å²) in [7, 11) is 0. The minimum absolute atomic E-state index is 0.0519. The van der Waals surface area contributed by atoms with Crippen LogP contribution in [-0.4, -0.2) is 24.2 Å². The van der Waals surface area contributed by atoms with Gasteiger partial charge in [0.05, 0.1) is 13.0 Å². The van der Waals surface area contributed by atoms with E-state index in [0.29, 0.717) is 13.2 Å². The monoisotopic (exact) mass is 221 g/mol. The summed E-state index contributed by atoms with van der Waals surface area (Å²) in [5.74, 6) is -0.143. The van der Waals surface area contributed by atoms with Crippen molar-refractivity contribution in [1.82, 2.24) is 0 Å². The summed E-state index contributed by atoms with van der Waals surface area (Å²) in [4.78, 5) is 10.7. The van der Waals surface area contributed by atoms with Gasteiger partial charge in [0.2, 0.25) is 0 Å². The molecule has 0 radical (unpaired) electrons. The highest BCUT2D eigenvalue weighted by Crippen LogP contribution is 2.35. The summed E-state index contributed by atoms with van der Waals surface area (Å²) in [5, 5.41) is 8.83. The second-order valence-corrected chi connectivity index (χ2v) is 3.96. The summed E-state index contributed by atoms with van der Waals surface area (Å²) in [5.41, 5.74) is 7.71. The van der Waals surface area contributed by atoms with Crippen molar-refractivity contribution in [3.8, 4) is 5.75 Å². The van der Waals surface area contributed by atoms with Crippen LogP contribution in [-0.2, 0) is 11.2 Å². The Bertz CT molecular complexity index is 403. The third kappa shape index (κ3) is 2.02. The van der Waals surface area contributed by atoms with E-state index in [0.717, 1.165) is 23.3 Å². The molecule has 4 nitrogen and oxygen atoms in total. The van der Waals surface area contributed by atoms with E-state index in [-0.39, 0.29) is 12.3 Å². The fourth-order valence-electron chi connectivity index (χ4n) is 2.09. The van der Waals surface area contributed by atoms with E-state index < -0.39 is 5.97 Å². The van der Waals surface area contributed by atoms with Gasteiger partial charge in [0.25, 0.3) is 0 Å². The highest BCUT2D eigenvalue weighted by atomic mass is 16.5. The molecule has 1 aliphatic rings. The molecule has 1 aliphatic heterocycles. The SMILES string of the molecule is NCC(CC(=O)O)c1cccc2c1OCC2. The van der Waals surface area contributed by atoms with Gasteiger partial charge in [0, 0.05) is 12.3 Å². The van der Waals surface area contributed by atoms with Gasteiger partial charge in [-0.1, -0.05) is 18.2 Å². The molecule has 1 aromatic rings. The number of hydrogen-bond acceptors (Lipinski definition) is 3. The molecule has 0 fully saturated rings. The summed E-state index contributed by atoms with van der Waals surface area (Å²) in [6.45, 7) is 1.00. The quantitative estimate of drug-likeness (QED) is 0.799. The Morgan fingerprint density at radius 2 is 2.38 bits per heavy atom. The van der Waals surface area contributed by atoms with Crippen molar-refractivity contribution in [1.29, 1.82) is 0 Å². The average molecular weight is 221 g/mol. The molecule has 0 saturated carbocycles. The summed E-state index contributed by atoms with van der Waals surface area (Å²) in [6, 6.07) is 5.86. The van der Waals surface area contributed by atoms with Gasteiger partial charge in [0.1, 0.15) is 5.75 Å². The van der Waals surface area contributed by atoms with Gasteiger partial charge in [-0.15, -0.1) is 0 Å². The van der Waals surface area contributed by atoms with Crippen LogP contribution in [0.5, 0.6) is 5.75 Å². The Labute approximate surface area is 94.0 Å². The van der Waals surface area contributed by atoms with E-state index in [2.05, 4.69) is 0 Å². The van der Waals surface area contributed by atoms with Crippen LogP contribution in [0, 0.1) is 0 Å². The highest BCUT2D eigenvalue weighted by Gasteiger charge is 2.22. The van der Waals surface area contributed by atoms with Crippen LogP contribution in [0.25, 0.3) is 0 Å². The number of benzene rings is 1. The molecule has 1 unspecified atom stereocenters. The van der Waals surface area contributed by atoms with Crippen LogP contribution in [0.15, 0.2) is 18.2 Å². The van der Waals surface area contributed by atoms with Crippen LogP contribution < -0.4 is 10.5 Å². The zero-order valence-electron chi connectivity index (χ0n) is 8.98. The molecular formula is C12H15NO3. The average Bonchev–Trinajstić information content (AvgIpc) is 2.73. The van der Waals surface area contributed by atoms with Crippen molar-refractivity contribution in [3.63, 3.8) is 0 Å². The van der Waals surface area contributed by atoms with Crippen molar-refractivity contribution >= 4 is 5.97 Å². The van der Waals surface area contributed by atoms with Gasteiger partial charge in [-0.2, -0.15) is 0 Å². The predicted molar refractivity (Wildman–Crippen MR) is 59.7 cm³/mol. The van der Waals surface area contributed by atoms with Gasteiger partial charge in [-0.3, -0.25) is 4.79 Å². The Morgan fingerprint density at radius 1 is 1.56 bits per heavy atom. The van der Waals surface area contributed by atoms with Gasteiger partial charge in [-0.05, 0) is 17.7 Å². The number of hydrogen-bond donors (Lipinski definition) is 2. The lowest BCUT2D eigenvalue weighted by Gasteiger charge is -2.16. The summed E-state index contributed by atoms with van der Waals surface area (Å²) in [6.07, 6.45) is 0.948. The normalized spacial score (nSPS) is 15.3. The number of carboxylic acids is 1. The number of aliphatic carboxylic acids is 1. The number of carboxylic acid groups (broad SMARTS) is 1. The van der Waals surface area contributed by atoms with Crippen molar-refractivity contribution in [2.24, 2.45) is 5.73 Å². The maximum Gasteiger partial charge on any atom is 0.304 e. The summed E-state index contributed by atoms with van der Waals surface area (Å²) >= 11 is 0. The first-order chi connectivity index (χ1) is 7.72. The van der Waals surface area contributed by atoms with Gasteiger partial charge < -0.3 is 15.6 Å². The minimum atomic E-state index is -0.828. The molecule has 0 amide bonds. The van der Waals surface area contributed by atoms with Gasteiger partial charge in [-0.25, -0.2) is 0 Å². The maximum absolute atomic E-state index is 10.7. The van der Waals surface area contributed by atoms with Crippen LogP contribution in [0.2, 0.25) is 0 Å². The molecule has 2 rings (SSSR count). The largest absolute Gasteiger partial charge is 0.493 e. The first-order valence-electron chi connectivity index (χ1n) is 5.39. The lowest BCUT2D eigenvalue weighted by atomic mass is 9.93. The zero-order chi connectivity index (χ0) is 11.5. The smallest absolute Gasteiger partial charge is 0.304 e. The predicted octanol–water partition coefficient (Wildman–Crippen LogP) is 1.14. The number of ether oxygens (including phenoxy) is 1. The molecule has 3 N–H and O–H groups in total. The Morgan fingerprint density at radius 3 is 3.06 bits per heavy atom. The third-order valence-electron chi connectivity index (χ3n) is 2.89. The number of rotatable bonds is 4. The first kappa shape index (κ1) is 11.0. The molecule has 16 heavy (non-hydrogen) atoms. The Kier molecular flexibility index (Phi) is 3.10. The minimum Gasteiger partial charge on any atom is -0.493 e. The number of para-hydroxylation sites is 1. The van der Waals surface area contributed by atoms with Crippen LogP contribution in [0.4, 0.5) is 0 Å². The van der Waals surface area contributed by atoms with Crippen LogP contribution in [0.3, 0.4) is 0 Å². The van der Waals surface area contributed by atoms with E-state index in [1.54, 1.807) is 0 Å². The molecule has 4 heteroatoms. The molecular weight excluding hydrogens is 206 g/mol. The molecule has 1 heterocycles. The lowest BCUT2D eigenvalue weighted by Crippen LogP contribution is -2.17. The Hall–Kier alpha value is -1.55. The Balaban J connectivity index is 2.31. The van der Waals surface area contributed by atoms with Crippen molar-refractivity contribution in [3.05, 3.63) is 29.3 Å². The molecule has 0 spiro atoms. The number of fused-ring (bicyclic) bond motifs is 1. The fraction of sp³-hybridized carbons (Fsp3) is 0.417. The van der Waals surface area contributed by atoms with E-state index in [1.807, 2.05) is 18.2 Å². The molecule has 0 saturated heterocycles. The van der Waals surface area contributed by atoms with Crippen molar-refractivity contribution < 1.29 is 14.6 Å². The number of nitrogens with two attached hydrogens (primary N) is 1. The molecule has 0 bridgehead atoms. The molecule has 0 aromatic heterocycles. The molecule has 1 aromatic carbocycles. The standard InChI is InChI=1S/C12H15NO3/c13-7-9(6-11(14)15)10-3-1-2-8-4-5-16-12(8)10/h1-3,9H,4-7,13H2,(H,14,15). The van der Waals surface area contributed by atoms with Crippen molar-refractivity contribution in [2.45, 2.75) is 18.8 Å². The maximum atomic E-state index is 10.7. The second-order valence-electron chi connectivity index (χ2n) is 3.96. The third-order valence-corrected chi connectivity index (χ3v) is 2.89. The van der Waals surface area contributed by atoms with Crippen molar-refractivity contribution in [2.75, 3.05) is 13.2 Å². The molecule has 0 aliphatic carbocycles. The van der Waals surface area contributed by atoms with E-state index in [9.17, 15) is 4.79 Å².